The Hall–Kier alpha value is -1.06. The average molecular weight is 268 g/mol. The van der Waals surface area contributed by atoms with Gasteiger partial charge in [0.15, 0.2) is 0 Å². The van der Waals surface area contributed by atoms with E-state index in [1.807, 2.05) is 24.3 Å². The molecule has 0 bridgehead atoms. The van der Waals surface area contributed by atoms with Crippen molar-refractivity contribution < 1.29 is 9.90 Å². The molecule has 0 heterocycles. The van der Waals surface area contributed by atoms with Gasteiger partial charge in [-0.05, 0) is 31.4 Å². The summed E-state index contributed by atoms with van der Waals surface area (Å²) < 4.78 is 0. The molecule has 18 heavy (non-hydrogen) atoms. The molecule has 98 valence electrons. The lowest BCUT2D eigenvalue weighted by Gasteiger charge is -2.24. The molecule has 0 spiro atoms. The largest absolute Gasteiger partial charge is 0.480 e. The molecule has 1 aliphatic carbocycles. The standard InChI is InChI=1S/C14H18ClNO2/c1-9(14(17)18)16-13-8-4-6-11(13)10-5-2-3-7-12(10)15/h2-3,5,7,9,11,13,16H,4,6,8H2,1H3,(H,17,18)/t9-,11?,13?/m0/s1. The molecule has 0 aromatic heterocycles. The van der Waals surface area contributed by atoms with Crippen LogP contribution in [0.15, 0.2) is 24.3 Å². The first-order valence-corrected chi connectivity index (χ1v) is 6.70. The Morgan fingerprint density at radius 1 is 1.44 bits per heavy atom. The molecule has 0 amide bonds. The van der Waals surface area contributed by atoms with E-state index in [2.05, 4.69) is 5.32 Å². The summed E-state index contributed by atoms with van der Waals surface area (Å²) >= 11 is 6.22. The van der Waals surface area contributed by atoms with E-state index in [1.165, 1.54) is 0 Å². The molecule has 0 aliphatic heterocycles. The Morgan fingerprint density at radius 3 is 2.83 bits per heavy atom. The van der Waals surface area contributed by atoms with Crippen LogP contribution in [0, 0.1) is 0 Å². The summed E-state index contributed by atoms with van der Waals surface area (Å²) in [6.45, 7) is 1.68. The molecule has 2 N–H and O–H groups in total. The quantitative estimate of drug-likeness (QED) is 0.882. The third-order valence-electron chi connectivity index (χ3n) is 3.66. The number of aliphatic carboxylic acids is 1. The van der Waals surface area contributed by atoms with Gasteiger partial charge in [0.1, 0.15) is 6.04 Å². The summed E-state index contributed by atoms with van der Waals surface area (Å²) in [6.07, 6.45) is 3.18. The second-order valence-electron chi connectivity index (χ2n) is 4.89. The van der Waals surface area contributed by atoms with Crippen LogP contribution in [0.1, 0.15) is 37.7 Å². The summed E-state index contributed by atoms with van der Waals surface area (Å²) in [7, 11) is 0. The van der Waals surface area contributed by atoms with Crippen LogP contribution in [-0.2, 0) is 4.79 Å². The molecule has 1 aromatic carbocycles. The van der Waals surface area contributed by atoms with Gasteiger partial charge in [0.2, 0.25) is 0 Å². The number of carboxylic acid groups (broad SMARTS) is 1. The third kappa shape index (κ3) is 2.85. The van der Waals surface area contributed by atoms with E-state index in [9.17, 15) is 4.79 Å². The highest BCUT2D eigenvalue weighted by atomic mass is 35.5. The van der Waals surface area contributed by atoms with Gasteiger partial charge in [-0.1, -0.05) is 36.2 Å². The maximum absolute atomic E-state index is 10.9. The lowest BCUT2D eigenvalue weighted by atomic mass is 9.93. The van der Waals surface area contributed by atoms with Gasteiger partial charge in [-0.15, -0.1) is 0 Å². The van der Waals surface area contributed by atoms with Crippen molar-refractivity contribution >= 4 is 17.6 Å². The topological polar surface area (TPSA) is 49.3 Å². The summed E-state index contributed by atoms with van der Waals surface area (Å²) in [5.74, 6) is -0.486. The number of benzene rings is 1. The van der Waals surface area contributed by atoms with E-state index in [0.717, 1.165) is 29.8 Å². The zero-order valence-electron chi connectivity index (χ0n) is 10.4. The van der Waals surface area contributed by atoms with Crippen molar-refractivity contribution in [2.75, 3.05) is 0 Å². The number of halogens is 1. The van der Waals surface area contributed by atoms with Crippen LogP contribution in [0.2, 0.25) is 5.02 Å². The summed E-state index contributed by atoms with van der Waals surface area (Å²) in [5, 5.41) is 12.9. The Balaban J connectivity index is 2.13. The van der Waals surface area contributed by atoms with Crippen molar-refractivity contribution in [3.63, 3.8) is 0 Å². The summed E-state index contributed by atoms with van der Waals surface area (Å²) in [5.41, 5.74) is 1.13. The number of hydrogen-bond donors (Lipinski definition) is 2. The number of carbonyl (C=O) groups is 1. The molecular formula is C14H18ClNO2. The van der Waals surface area contributed by atoms with Crippen LogP contribution in [-0.4, -0.2) is 23.2 Å². The van der Waals surface area contributed by atoms with Crippen molar-refractivity contribution in [3.05, 3.63) is 34.9 Å². The highest BCUT2D eigenvalue weighted by molar-refractivity contribution is 6.31. The highest BCUT2D eigenvalue weighted by Gasteiger charge is 2.31. The zero-order valence-corrected chi connectivity index (χ0v) is 11.2. The van der Waals surface area contributed by atoms with Crippen LogP contribution in [0.25, 0.3) is 0 Å². The molecule has 3 nitrogen and oxygen atoms in total. The monoisotopic (exact) mass is 267 g/mol. The smallest absolute Gasteiger partial charge is 0.320 e. The van der Waals surface area contributed by atoms with Crippen LogP contribution >= 0.6 is 11.6 Å². The average Bonchev–Trinajstić information content (AvgIpc) is 2.77. The maximum atomic E-state index is 10.9. The number of nitrogens with one attached hydrogen (secondary N) is 1. The minimum Gasteiger partial charge on any atom is -0.480 e. The van der Waals surface area contributed by atoms with Gasteiger partial charge < -0.3 is 10.4 Å². The molecule has 0 saturated heterocycles. The highest BCUT2D eigenvalue weighted by Crippen LogP contribution is 2.37. The van der Waals surface area contributed by atoms with Crippen molar-refractivity contribution in [2.24, 2.45) is 0 Å². The van der Waals surface area contributed by atoms with Crippen LogP contribution in [0.3, 0.4) is 0 Å². The summed E-state index contributed by atoms with van der Waals surface area (Å²) in [6, 6.07) is 7.53. The van der Waals surface area contributed by atoms with E-state index in [4.69, 9.17) is 16.7 Å². The van der Waals surface area contributed by atoms with Gasteiger partial charge in [-0.3, -0.25) is 4.79 Å². The van der Waals surface area contributed by atoms with Crippen molar-refractivity contribution in [1.82, 2.24) is 5.32 Å². The fraction of sp³-hybridized carbons (Fsp3) is 0.500. The predicted molar refractivity (Wildman–Crippen MR) is 72.1 cm³/mol. The van der Waals surface area contributed by atoms with Crippen molar-refractivity contribution in [3.8, 4) is 0 Å². The van der Waals surface area contributed by atoms with Gasteiger partial charge >= 0.3 is 5.97 Å². The molecule has 3 atom stereocenters. The summed E-state index contributed by atoms with van der Waals surface area (Å²) in [4.78, 5) is 10.9. The first-order chi connectivity index (χ1) is 8.59. The SMILES string of the molecule is C[C@H](NC1CCCC1c1ccccc1Cl)C(=O)O. The fourth-order valence-electron chi connectivity index (χ4n) is 2.70. The lowest BCUT2D eigenvalue weighted by Crippen LogP contribution is -2.42. The van der Waals surface area contributed by atoms with E-state index in [1.54, 1.807) is 6.92 Å². The van der Waals surface area contributed by atoms with E-state index >= 15 is 0 Å². The Labute approximate surface area is 112 Å². The predicted octanol–water partition coefficient (Wildman–Crippen LogP) is 3.04. The first-order valence-electron chi connectivity index (χ1n) is 6.33. The van der Waals surface area contributed by atoms with Gasteiger partial charge in [0.25, 0.3) is 0 Å². The van der Waals surface area contributed by atoms with Crippen molar-refractivity contribution in [2.45, 2.75) is 44.2 Å². The molecule has 4 heteroatoms. The Bertz CT molecular complexity index is 436. The molecule has 0 radical (unpaired) electrons. The molecule has 1 fully saturated rings. The lowest BCUT2D eigenvalue weighted by molar-refractivity contribution is -0.139. The van der Waals surface area contributed by atoms with E-state index < -0.39 is 12.0 Å². The molecule has 1 saturated carbocycles. The van der Waals surface area contributed by atoms with Gasteiger partial charge in [0.05, 0.1) is 0 Å². The third-order valence-corrected chi connectivity index (χ3v) is 4.00. The van der Waals surface area contributed by atoms with Crippen molar-refractivity contribution in [1.29, 1.82) is 0 Å². The second kappa shape index (κ2) is 5.72. The zero-order chi connectivity index (χ0) is 13.1. The Morgan fingerprint density at radius 2 is 2.17 bits per heavy atom. The van der Waals surface area contributed by atoms with E-state index in [0.29, 0.717) is 5.92 Å². The van der Waals surface area contributed by atoms with Gasteiger partial charge in [0, 0.05) is 17.0 Å². The van der Waals surface area contributed by atoms with Crippen LogP contribution in [0.4, 0.5) is 0 Å². The first kappa shape index (κ1) is 13.4. The van der Waals surface area contributed by atoms with E-state index in [-0.39, 0.29) is 6.04 Å². The van der Waals surface area contributed by atoms with Gasteiger partial charge in [-0.2, -0.15) is 0 Å². The fourth-order valence-corrected chi connectivity index (χ4v) is 2.98. The van der Waals surface area contributed by atoms with Crippen LogP contribution < -0.4 is 5.32 Å². The molecule has 1 aliphatic rings. The number of rotatable bonds is 4. The van der Waals surface area contributed by atoms with Gasteiger partial charge in [-0.25, -0.2) is 0 Å². The number of carboxylic acids is 1. The molecule has 2 unspecified atom stereocenters. The molecule has 2 rings (SSSR count). The molecule has 1 aromatic rings. The van der Waals surface area contributed by atoms with Crippen LogP contribution in [0.5, 0.6) is 0 Å². The second-order valence-corrected chi connectivity index (χ2v) is 5.30. The minimum absolute atomic E-state index is 0.205. The number of hydrogen-bond acceptors (Lipinski definition) is 2. The maximum Gasteiger partial charge on any atom is 0.320 e. The normalized spacial score (nSPS) is 25.0. The minimum atomic E-state index is -0.806. The Kier molecular flexibility index (Phi) is 4.25. The molecular weight excluding hydrogens is 250 g/mol.